The zero-order valence-electron chi connectivity index (χ0n) is 10.1. The predicted octanol–water partition coefficient (Wildman–Crippen LogP) is 1.64. The fourth-order valence-corrected chi connectivity index (χ4v) is 2.59. The molecule has 0 saturated carbocycles. The number of amides is 1. The van der Waals surface area contributed by atoms with Crippen molar-refractivity contribution in [2.75, 3.05) is 16.9 Å². The quantitative estimate of drug-likeness (QED) is 0.472. The topological polar surface area (TPSA) is 85.8 Å². The maximum Gasteiger partial charge on any atom is 0.234 e. The summed E-state index contributed by atoms with van der Waals surface area (Å²) in [5, 5.41) is 11.0. The fraction of sp³-hybridized carbons (Fsp3) is 0.182. The van der Waals surface area contributed by atoms with Crippen molar-refractivity contribution in [1.82, 2.24) is 14.9 Å². The molecule has 0 bridgehead atoms. The molecule has 0 spiro atoms. The molecule has 3 N–H and O–H groups in total. The van der Waals surface area contributed by atoms with E-state index in [-0.39, 0.29) is 11.7 Å². The Kier molecular flexibility index (Phi) is 4.64. The van der Waals surface area contributed by atoms with Gasteiger partial charge in [0.05, 0.1) is 5.75 Å². The standard InChI is InChI=1S/C11H12IN5OS/c1-7-15-16-11(17(7)13)19-6-10(18)14-9-4-2-3-8(12)5-9/h2-5H,6,13H2,1H3,(H,14,18). The second kappa shape index (κ2) is 6.24. The van der Waals surface area contributed by atoms with Crippen LogP contribution in [0.15, 0.2) is 29.4 Å². The highest BCUT2D eigenvalue weighted by atomic mass is 127. The molecule has 2 aromatic rings. The van der Waals surface area contributed by atoms with E-state index in [0.717, 1.165) is 9.26 Å². The van der Waals surface area contributed by atoms with Gasteiger partial charge in [-0.3, -0.25) is 4.79 Å². The lowest BCUT2D eigenvalue weighted by Crippen LogP contribution is -2.16. The van der Waals surface area contributed by atoms with Gasteiger partial charge in [-0.1, -0.05) is 17.8 Å². The van der Waals surface area contributed by atoms with Gasteiger partial charge in [-0.25, -0.2) is 4.68 Å². The highest BCUT2D eigenvalue weighted by Gasteiger charge is 2.09. The molecule has 0 aliphatic carbocycles. The minimum atomic E-state index is -0.104. The summed E-state index contributed by atoms with van der Waals surface area (Å²) in [7, 11) is 0. The molecule has 0 aliphatic heterocycles. The number of aromatic nitrogens is 3. The maximum absolute atomic E-state index is 11.8. The Bertz CT molecular complexity index is 601. The molecule has 100 valence electrons. The summed E-state index contributed by atoms with van der Waals surface area (Å²) in [5.41, 5.74) is 0.780. The van der Waals surface area contributed by atoms with Crippen molar-refractivity contribution in [3.8, 4) is 0 Å². The number of carbonyl (C=O) groups is 1. The van der Waals surface area contributed by atoms with Gasteiger partial charge < -0.3 is 11.2 Å². The van der Waals surface area contributed by atoms with Crippen molar-refractivity contribution in [1.29, 1.82) is 0 Å². The molecule has 1 aromatic heterocycles. The lowest BCUT2D eigenvalue weighted by atomic mass is 10.3. The van der Waals surface area contributed by atoms with Crippen LogP contribution in [0.25, 0.3) is 0 Å². The van der Waals surface area contributed by atoms with E-state index in [9.17, 15) is 4.79 Å². The molecular formula is C11H12IN5OS. The summed E-state index contributed by atoms with van der Waals surface area (Å²) in [6.07, 6.45) is 0. The molecule has 1 heterocycles. The molecule has 0 unspecified atom stereocenters. The Labute approximate surface area is 128 Å². The molecular weight excluding hydrogens is 377 g/mol. The lowest BCUT2D eigenvalue weighted by Gasteiger charge is -2.05. The van der Waals surface area contributed by atoms with Gasteiger partial charge in [-0.2, -0.15) is 0 Å². The van der Waals surface area contributed by atoms with Crippen molar-refractivity contribution in [3.05, 3.63) is 33.7 Å². The summed E-state index contributed by atoms with van der Waals surface area (Å²) >= 11 is 3.45. The summed E-state index contributed by atoms with van der Waals surface area (Å²) in [4.78, 5) is 11.8. The molecule has 1 aromatic carbocycles. The second-order valence-electron chi connectivity index (χ2n) is 3.75. The maximum atomic E-state index is 11.8. The molecule has 8 heteroatoms. The minimum Gasteiger partial charge on any atom is -0.336 e. The van der Waals surface area contributed by atoms with Crippen LogP contribution in [0.5, 0.6) is 0 Å². The minimum absolute atomic E-state index is 0.104. The number of aryl methyl sites for hydroxylation is 1. The van der Waals surface area contributed by atoms with Crippen molar-refractivity contribution in [2.24, 2.45) is 0 Å². The monoisotopic (exact) mass is 389 g/mol. The molecule has 0 atom stereocenters. The zero-order chi connectivity index (χ0) is 13.8. The van der Waals surface area contributed by atoms with Crippen LogP contribution in [-0.4, -0.2) is 26.5 Å². The number of nitrogens with two attached hydrogens (primary N) is 1. The third-order valence-electron chi connectivity index (χ3n) is 2.28. The van der Waals surface area contributed by atoms with Crippen molar-refractivity contribution < 1.29 is 4.79 Å². The zero-order valence-corrected chi connectivity index (χ0v) is 13.1. The SMILES string of the molecule is Cc1nnc(SCC(=O)Nc2cccc(I)c2)n1N. The predicted molar refractivity (Wildman–Crippen MR) is 83.4 cm³/mol. The smallest absolute Gasteiger partial charge is 0.234 e. The van der Waals surface area contributed by atoms with Crippen LogP contribution in [0, 0.1) is 10.5 Å². The highest BCUT2D eigenvalue weighted by Crippen LogP contribution is 2.16. The molecule has 0 radical (unpaired) electrons. The number of nitrogens with one attached hydrogen (secondary N) is 1. The number of thioether (sulfide) groups is 1. The second-order valence-corrected chi connectivity index (χ2v) is 5.94. The van der Waals surface area contributed by atoms with Gasteiger partial charge in [0.2, 0.25) is 11.1 Å². The van der Waals surface area contributed by atoms with Crippen LogP contribution in [0.3, 0.4) is 0 Å². The van der Waals surface area contributed by atoms with Gasteiger partial charge >= 0.3 is 0 Å². The van der Waals surface area contributed by atoms with E-state index in [0.29, 0.717) is 11.0 Å². The van der Waals surface area contributed by atoms with Gasteiger partial charge in [0.25, 0.3) is 0 Å². The Morgan fingerprint density at radius 2 is 2.32 bits per heavy atom. The van der Waals surface area contributed by atoms with Crippen LogP contribution in [0.4, 0.5) is 5.69 Å². The highest BCUT2D eigenvalue weighted by molar-refractivity contribution is 14.1. The molecule has 1 amide bonds. The number of hydrogen-bond donors (Lipinski definition) is 2. The average molecular weight is 389 g/mol. The Morgan fingerprint density at radius 1 is 1.53 bits per heavy atom. The lowest BCUT2D eigenvalue weighted by molar-refractivity contribution is -0.113. The summed E-state index contributed by atoms with van der Waals surface area (Å²) < 4.78 is 2.43. The van der Waals surface area contributed by atoms with Gasteiger partial charge in [0.15, 0.2) is 0 Å². The first kappa shape index (κ1) is 14.1. The Balaban J connectivity index is 1.90. The molecule has 6 nitrogen and oxygen atoms in total. The number of benzene rings is 1. The first-order valence-electron chi connectivity index (χ1n) is 5.41. The van der Waals surface area contributed by atoms with Crippen LogP contribution in [-0.2, 0) is 4.79 Å². The Morgan fingerprint density at radius 3 is 2.95 bits per heavy atom. The number of nitrogen functional groups attached to an aromatic ring is 1. The van der Waals surface area contributed by atoms with Crippen LogP contribution >= 0.6 is 34.4 Å². The van der Waals surface area contributed by atoms with Crippen LogP contribution in [0.2, 0.25) is 0 Å². The van der Waals surface area contributed by atoms with Crippen molar-refractivity contribution in [2.45, 2.75) is 12.1 Å². The van der Waals surface area contributed by atoms with E-state index in [1.54, 1.807) is 6.92 Å². The van der Waals surface area contributed by atoms with E-state index in [4.69, 9.17) is 5.84 Å². The van der Waals surface area contributed by atoms with Gasteiger partial charge in [-0.15, -0.1) is 10.2 Å². The largest absolute Gasteiger partial charge is 0.336 e. The first-order valence-corrected chi connectivity index (χ1v) is 7.48. The van der Waals surface area contributed by atoms with Gasteiger partial charge in [0, 0.05) is 9.26 Å². The van der Waals surface area contributed by atoms with Crippen LogP contribution in [0.1, 0.15) is 5.82 Å². The molecule has 2 rings (SSSR count). The normalized spacial score (nSPS) is 10.4. The number of rotatable bonds is 4. The number of nitrogens with zero attached hydrogens (tertiary/aromatic N) is 3. The van der Waals surface area contributed by atoms with E-state index < -0.39 is 0 Å². The molecule has 19 heavy (non-hydrogen) atoms. The fourth-order valence-electron chi connectivity index (χ4n) is 1.34. The van der Waals surface area contributed by atoms with Crippen molar-refractivity contribution in [3.63, 3.8) is 0 Å². The van der Waals surface area contributed by atoms with Crippen molar-refractivity contribution >= 4 is 45.9 Å². The summed E-state index contributed by atoms with van der Waals surface area (Å²) in [6.45, 7) is 1.75. The van der Waals surface area contributed by atoms with E-state index >= 15 is 0 Å². The van der Waals surface area contributed by atoms with Gasteiger partial charge in [-0.05, 0) is 47.7 Å². The number of hydrogen-bond acceptors (Lipinski definition) is 5. The average Bonchev–Trinajstić information content (AvgIpc) is 2.68. The summed E-state index contributed by atoms with van der Waals surface area (Å²) in [5.74, 6) is 6.44. The number of halogens is 1. The van der Waals surface area contributed by atoms with E-state index in [1.807, 2.05) is 24.3 Å². The summed E-state index contributed by atoms with van der Waals surface area (Å²) in [6, 6.07) is 7.61. The van der Waals surface area contributed by atoms with Crippen LogP contribution < -0.4 is 11.2 Å². The van der Waals surface area contributed by atoms with E-state index in [2.05, 4.69) is 38.1 Å². The Hall–Kier alpha value is -1.29. The molecule has 0 fully saturated rings. The number of carbonyl (C=O) groups excluding carboxylic acids is 1. The van der Waals surface area contributed by atoms with Gasteiger partial charge in [0.1, 0.15) is 5.82 Å². The number of anilines is 1. The van der Waals surface area contributed by atoms with E-state index in [1.165, 1.54) is 16.4 Å². The third kappa shape index (κ3) is 3.83. The first-order chi connectivity index (χ1) is 9.06. The third-order valence-corrected chi connectivity index (χ3v) is 3.89. The molecule has 0 saturated heterocycles. The molecule has 0 aliphatic rings.